The van der Waals surface area contributed by atoms with Crippen molar-refractivity contribution in [3.05, 3.63) is 41.6 Å². The van der Waals surface area contributed by atoms with E-state index in [1.54, 1.807) is 11.0 Å². The molecule has 1 aliphatic rings. The number of nitrogens with zero attached hydrogens (tertiary/aromatic N) is 2. The van der Waals surface area contributed by atoms with E-state index in [2.05, 4.69) is 15.5 Å². The van der Waals surface area contributed by atoms with Gasteiger partial charge in [0.15, 0.2) is 0 Å². The highest BCUT2D eigenvalue weighted by Crippen LogP contribution is 2.21. The average molecular weight is 355 g/mol. The standard InChI is InChI=1S/C19H25N5O2/c1-13-4-6-14(7-5-13)16-11-17(23-22-16)19(26)24-10-2-3-15(12-24)18(25)21-9-8-20/h4-7,11,15H,2-3,8-10,12,20H2,1H3,(H,21,25)(H,22,23). The number of aryl methyl sites for hydroxylation is 1. The molecule has 138 valence electrons. The molecule has 4 N–H and O–H groups in total. The molecule has 0 aliphatic carbocycles. The van der Waals surface area contributed by atoms with Crippen LogP contribution in [0.2, 0.25) is 0 Å². The Kier molecular flexibility index (Phi) is 5.68. The van der Waals surface area contributed by atoms with E-state index in [1.807, 2.05) is 31.2 Å². The first-order valence-corrected chi connectivity index (χ1v) is 8.98. The van der Waals surface area contributed by atoms with Gasteiger partial charge in [-0.05, 0) is 25.8 Å². The first-order chi connectivity index (χ1) is 12.6. The molecule has 1 atom stereocenters. The lowest BCUT2D eigenvalue weighted by Crippen LogP contribution is -2.46. The second-order valence-electron chi connectivity index (χ2n) is 6.70. The predicted molar refractivity (Wildman–Crippen MR) is 99.5 cm³/mol. The Hall–Kier alpha value is -2.67. The van der Waals surface area contributed by atoms with Gasteiger partial charge in [0.1, 0.15) is 5.69 Å². The van der Waals surface area contributed by atoms with Gasteiger partial charge in [0.25, 0.3) is 5.91 Å². The molecule has 7 nitrogen and oxygen atoms in total. The number of likely N-dealkylation sites (tertiary alicyclic amines) is 1. The van der Waals surface area contributed by atoms with Crippen LogP contribution in [0.1, 0.15) is 28.9 Å². The average Bonchev–Trinajstić information content (AvgIpc) is 3.16. The van der Waals surface area contributed by atoms with E-state index in [1.165, 1.54) is 5.56 Å². The first-order valence-electron chi connectivity index (χ1n) is 8.98. The minimum absolute atomic E-state index is 0.0297. The molecule has 1 fully saturated rings. The lowest BCUT2D eigenvalue weighted by atomic mass is 9.97. The van der Waals surface area contributed by atoms with Crippen molar-refractivity contribution in [3.63, 3.8) is 0 Å². The van der Waals surface area contributed by atoms with Crippen LogP contribution in [0.4, 0.5) is 0 Å². The molecular formula is C19H25N5O2. The van der Waals surface area contributed by atoms with Crippen molar-refractivity contribution in [1.82, 2.24) is 20.4 Å². The van der Waals surface area contributed by atoms with E-state index in [-0.39, 0.29) is 17.7 Å². The summed E-state index contributed by atoms with van der Waals surface area (Å²) in [5.41, 5.74) is 8.75. The maximum absolute atomic E-state index is 12.8. The minimum atomic E-state index is -0.182. The van der Waals surface area contributed by atoms with Gasteiger partial charge in [0.2, 0.25) is 5.91 Å². The summed E-state index contributed by atoms with van der Waals surface area (Å²) in [5, 5.41) is 9.91. The Morgan fingerprint density at radius 2 is 2.12 bits per heavy atom. The van der Waals surface area contributed by atoms with Crippen LogP contribution in [0, 0.1) is 12.8 Å². The number of piperidine rings is 1. The summed E-state index contributed by atoms with van der Waals surface area (Å²) in [5.74, 6) is -0.330. The van der Waals surface area contributed by atoms with Crippen LogP contribution in [0.15, 0.2) is 30.3 Å². The molecule has 1 aromatic carbocycles. The lowest BCUT2D eigenvalue weighted by molar-refractivity contribution is -0.126. The quantitative estimate of drug-likeness (QED) is 0.752. The van der Waals surface area contributed by atoms with E-state index in [4.69, 9.17) is 5.73 Å². The zero-order valence-corrected chi connectivity index (χ0v) is 15.0. The number of aromatic amines is 1. The second kappa shape index (κ2) is 8.14. The lowest BCUT2D eigenvalue weighted by Gasteiger charge is -2.31. The highest BCUT2D eigenvalue weighted by atomic mass is 16.2. The molecule has 3 rings (SSSR count). The molecule has 2 aromatic rings. The summed E-state index contributed by atoms with van der Waals surface area (Å²) in [7, 11) is 0. The highest BCUT2D eigenvalue weighted by molar-refractivity contribution is 5.94. The van der Waals surface area contributed by atoms with Crippen molar-refractivity contribution in [3.8, 4) is 11.3 Å². The Bertz CT molecular complexity index is 768. The normalized spacial score (nSPS) is 17.2. The molecule has 0 bridgehead atoms. The van der Waals surface area contributed by atoms with Gasteiger partial charge in [0.05, 0.1) is 11.6 Å². The third-order valence-electron chi connectivity index (χ3n) is 4.68. The van der Waals surface area contributed by atoms with E-state index < -0.39 is 0 Å². The smallest absolute Gasteiger partial charge is 0.271 e. The Morgan fingerprint density at radius 3 is 2.85 bits per heavy atom. The van der Waals surface area contributed by atoms with Crippen molar-refractivity contribution < 1.29 is 9.59 Å². The number of carbonyl (C=O) groups is 2. The van der Waals surface area contributed by atoms with Crippen molar-refractivity contribution in [2.24, 2.45) is 11.7 Å². The number of carbonyl (C=O) groups excluding carboxylic acids is 2. The molecule has 2 amide bonds. The summed E-state index contributed by atoms with van der Waals surface area (Å²) in [4.78, 5) is 26.7. The van der Waals surface area contributed by atoms with Crippen molar-refractivity contribution in [2.45, 2.75) is 19.8 Å². The van der Waals surface area contributed by atoms with Gasteiger partial charge in [-0.25, -0.2) is 0 Å². The second-order valence-corrected chi connectivity index (χ2v) is 6.70. The molecule has 1 aromatic heterocycles. The van der Waals surface area contributed by atoms with Crippen LogP contribution in [0.3, 0.4) is 0 Å². The molecule has 0 radical (unpaired) electrons. The highest BCUT2D eigenvalue weighted by Gasteiger charge is 2.29. The van der Waals surface area contributed by atoms with Gasteiger partial charge in [-0.2, -0.15) is 5.10 Å². The largest absolute Gasteiger partial charge is 0.355 e. The predicted octanol–water partition coefficient (Wildman–Crippen LogP) is 1.31. The number of nitrogens with one attached hydrogen (secondary N) is 2. The molecule has 26 heavy (non-hydrogen) atoms. The fourth-order valence-electron chi connectivity index (χ4n) is 3.19. The van der Waals surface area contributed by atoms with Gasteiger partial charge in [-0.15, -0.1) is 0 Å². The van der Waals surface area contributed by atoms with E-state index in [9.17, 15) is 9.59 Å². The van der Waals surface area contributed by atoms with Crippen molar-refractivity contribution >= 4 is 11.8 Å². The molecular weight excluding hydrogens is 330 g/mol. The first kappa shape index (κ1) is 18.1. The zero-order chi connectivity index (χ0) is 18.5. The molecule has 7 heteroatoms. The van der Waals surface area contributed by atoms with E-state index in [0.29, 0.717) is 31.9 Å². The number of hydrogen-bond acceptors (Lipinski definition) is 4. The van der Waals surface area contributed by atoms with E-state index in [0.717, 1.165) is 24.1 Å². The van der Waals surface area contributed by atoms with Crippen LogP contribution in [-0.2, 0) is 4.79 Å². The number of nitrogens with two attached hydrogens (primary N) is 1. The van der Waals surface area contributed by atoms with Crippen molar-refractivity contribution in [2.75, 3.05) is 26.2 Å². The summed E-state index contributed by atoms with van der Waals surface area (Å²) in [6.07, 6.45) is 1.60. The summed E-state index contributed by atoms with van der Waals surface area (Å²) < 4.78 is 0. The fourth-order valence-corrected chi connectivity index (χ4v) is 3.19. The number of benzene rings is 1. The van der Waals surface area contributed by atoms with Crippen LogP contribution < -0.4 is 11.1 Å². The topological polar surface area (TPSA) is 104 Å². The third kappa shape index (κ3) is 4.11. The summed E-state index contributed by atoms with van der Waals surface area (Å²) in [6, 6.07) is 9.77. The number of rotatable bonds is 5. The van der Waals surface area contributed by atoms with Crippen LogP contribution >= 0.6 is 0 Å². The number of aromatic nitrogens is 2. The molecule has 0 spiro atoms. The van der Waals surface area contributed by atoms with Crippen LogP contribution in [-0.4, -0.2) is 53.1 Å². The van der Waals surface area contributed by atoms with Crippen molar-refractivity contribution in [1.29, 1.82) is 0 Å². The Labute approximate surface area is 153 Å². The number of amides is 2. The minimum Gasteiger partial charge on any atom is -0.355 e. The zero-order valence-electron chi connectivity index (χ0n) is 15.0. The Morgan fingerprint density at radius 1 is 1.35 bits per heavy atom. The fraction of sp³-hybridized carbons (Fsp3) is 0.421. The van der Waals surface area contributed by atoms with Gasteiger partial charge < -0.3 is 16.0 Å². The van der Waals surface area contributed by atoms with Gasteiger partial charge in [0, 0.05) is 31.7 Å². The van der Waals surface area contributed by atoms with Crippen LogP contribution in [0.5, 0.6) is 0 Å². The SMILES string of the molecule is Cc1ccc(-c2cc(C(=O)N3CCCC(C(=O)NCCN)C3)[nH]n2)cc1. The maximum atomic E-state index is 12.8. The molecule has 1 saturated heterocycles. The van der Waals surface area contributed by atoms with E-state index >= 15 is 0 Å². The van der Waals surface area contributed by atoms with Gasteiger partial charge in [-0.3, -0.25) is 14.7 Å². The molecule has 2 heterocycles. The van der Waals surface area contributed by atoms with Gasteiger partial charge >= 0.3 is 0 Å². The summed E-state index contributed by atoms with van der Waals surface area (Å²) >= 11 is 0. The third-order valence-corrected chi connectivity index (χ3v) is 4.68. The maximum Gasteiger partial charge on any atom is 0.271 e. The molecule has 1 unspecified atom stereocenters. The molecule has 1 aliphatic heterocycles. The van der Waals surface area contributed by atoms with Crippen LogP contribution in [0.25, 0.3) is 11.3 Å². The Balaban J connectivity index is 1.67. The number of H-pyrrole nitrogens is 1. The van der Waals surface area contributed by atoms with Gasteiger partial charge in [-0.1, -0.05) is 29.8 Å². The molecule has 0 saturated carbocycles. The summed E-state index contributed by atoms with van der Waals surface area (Å²) in [6.45, 7) is 3.98. The number of hydrogen-bond donors (Lipinski definition) is 3. The monoisotopic (exact) mass is 355 g/mol.